The van der Waals surface area contributed by atoms with E-state index in [1.165, 1.54) is 49.8 Å². The highest BCUT2D eigenvalue weighted by molar-refractivity contribution is 8.01. The Balaban J connectivity index is 1.23. The van der Waals surface area contributed by atoms with Crippen molar-refractivity contribution in [1.29, 1.82) is 0 Å². The number of nitrogens with one attached hydrogen (secondary N) is 1. The van der Waals surface area contributed by atoms with Crippen LogP contribution in [0.25, 0.3) is 0 Å². The maximum absolute atomic E-state index is 4.42. The third kappa shape index (κ3) is 3.33. The van der Waals surface area contributed by atoms with Crippen molar-refractivity contribution in [1.82, 2.24) is 10.2 Å². The van der Waals surface area contributed by atoms with Crippen molar-refractivity contribution in [3.63, 3.8) is 0 Å². The molecule has 4 bridgehead atoms. The van der Waals surface area contributed by atoms with Crippen LogP contribution in [0, 0.1) is 30.1 Å². The molecule has 3 nitrogen and oxygen atoms in total. The first-order chi connectivity index (χ1) is 12.2. The summed E-state index contributed by atoms with van der Waals surface area (Å²) in [7, 11) is 0. The Labute approximate surface area is 158 Å². The fourth-order valence-electron chi connectivity index (χ4n) is 5.85. The second kappa shape index (κ2) is 6.27. The van der Waals surface area contributed by atoms with E-state index in [1.54, 1.807) is 11.3 Å². The summed E-state index contributed by atoms with van der Waals surface area (Å²) in [6.45, 7) is 2.11. The second-order valence-corrected chi connectivity index (χ2v) is 10.8. The van der Waals surface area contributed by atoms with Gasteiger partial charge in [-0.15, -0.1) is 10.2 Å². The van der Waals surface area contributed by atoms with E-state index >= 15 is 0 Å². The fourth-order valence-corrected chi connectivity index (χ4v) is 7.88. The minimum atomic E-state index is 0.606. The van der Waals surface area contributed by atoms with Gasteiger partial charge >= 0.3 is 0 Å². The highest BCUT2D eigenvalue weighted by Gasteiger charge is 2.50. The molecular formula is C20H25N3S2. The minimum Gasteiger partial charge on any atom is -0.330 e. The second-order valence-electron chi connectivity index (χ2n) is 8.57. The first kappa shape index (κ1) is 16.1. The van der Waals surface area contributed by atoms with E-state index < -0.39 is 0 Å². The Kier molecular flexibility index (Phi) is 4.05. The average Bonchev–Trinajstić information content (AvgIpc) is 2.99. The summed E-state index contributed by atoms with van der Waals surface area (Å²) in [6.07, 6.45) is 8.98. The van der Waals surface area contributed by atoms with E-state index in [2.05, 4.69) is 46.7 Å². The molecule has 0 amide bonds. The van der Waals surface area contributed by atoms with Gasteiger partial charge in [0.1, 0.15) is 0 Å². The van der Waals surface area contributed by atoms with E-state index in [4.69, 9.17) is 0 Å². The number of hydrogen-bond acceptors (Lipinski definition) is 5. The molecule has 4 aliphatic carbocycles. The molecule has 1 N–H and O–H groups in total. The number of benzene rings is 1. The van der Waals surface area contributed by atoms with Crippen LogP contribution in [0.3, 0.4) is 0 Å². The van der Waals surface area contributed by atoms with Crippen LogP contribution in [0.1, 0.15) is 44.1 Å². The number of anilines is 2. The van der Waals surface area contributed by atoms with Gasteiger partial charge in [0.25, 0.3) is 0 Å². The summed E-state index contributed by atoms with van der Waals surface area (Å²) in [4.78, 5) is 0. The number of hydrogen-bond donors (Lipinski definition) is 1. The maximum atomic E-state index is 4.42. The lowest BCUT2D eigenvalue weighted by molar-refractivity contribution is -0.0381. The molecule has 0 atom stereocenters. The minimum absolute atomic E-state index is 0.606. The van der Waals surface area contributed by atoms with Crippen LogP contribution in [0.2, 0.25) is 0 Å². The third-order valence-corrected chi connectivity index (χ3v) is 8.66. The Bertz CT molecular complexity index is 735. The van der Waals surface area contributed by atoms with Gasteiger partial charge in [0.15, 0.2) is 4.34 Å². The number of aryl methyl sites for hydroxylation is 1. The monoisotopic (exact) mass is 371 g/mol. The topological polar surface area (TPSA) is 37.8 Å². The summed E-state index contributed by atoms with van der Waals surface area (Å²) in [5.41, 5.74) is 2.95. The van der Waals surface area contributed by atoms with Gasteiger partial charge in [0.2, 0.25) is 5.13 Å². The summed E-state index contributed by atoms with van der Waals surface area (Å²) in [5, 5.41) is 13.1. The van der Waals surface area contributed by atoms with E-state index in [0.29, 0.717) is 5.41 Å². The van der Waals surface area contributed by atoms with Crippen molar-refractivity contribution in [2.24, 2.45) is 23.2 Å². The predicted octanol–water partition coefficient (Wildman–Crippen LogP) is 5.90. The Morgan fingerprint density at radius 3 is 2.52 bits per heavy atom. The molecule has 2 aromatic rings. The van der Waals surface area contributed by atoms with Crippen LogP contribution in [0.15, 0.2) is 28.6 Å². The van der Waals surface area contributed by atoms with Crippen molar-refractivity contribution in [3.8, 4) is 0 Å². The van der Waals surface area contributed by atoms with Crippen LogP contribution < -0.4 is 5.32 Å². The summed E-state index contributed by atoms with van der Waals surface area (Å²) in [5.74, 6) is 4.33. The highest BCUT2D eigenvalue weighted by atomic mass is 32.2. The number of nitrogens with zero attached hydrogens (tertiary/aromatic N) is 2. The maximum Gasteiger partial charge on any atom is 0.210 e. The van der Waals surface area contributed by atoms with Gasteiger partial charge in [0, 0.05) is 11.4 Å². The van der Waals surface area contributed by atoms with Gasteiger partial charge in [-0.2, -0.15) is 0 Å². The molecule has 0 unspecified atom stereocenters. The fraction of sp³-hybridized carbons (Fsp3) is 0.600. The van der Waals surface area contributed by atoms with Crippen LogP contribution in [0.4, 0.5) is 10.8 Å². The van der Waals surface area contributed by atoms with Crippen LogP contribution in [0.5, 0.6) is 0 Å². The smallest absolute Gasteiger partial charge is 0.210 e. The lowest BCUT2D eigenvalue weighted by Gasteiger charge is -2.56. The molecule has 4 aliphatic rings. The molecule has 1 aromatic carbocycles. The number of rotatable bonds is 5. The summed E-state index contributed by atoms with van der Waals surface area (Å²) in [6, 6.07) is 8.40. The lowest BCUT2D eigenvalue weighted by Crippen LogP contribution is -2.47. The molecule has 4 saturated carbocycles. The summed E-state index contributed by atoms with van der Waals surface area (Å²) >= 11 is 3.64. The van der Waals surface area contributed by atoms with Crippen molar-refractivity contribution in [2.75, 3.05) is 11.1 Å². The van der Waals surface area contributed by atoms with Crippen molar-refractivity contribution < 1.29 is 0 Å². The zero-order valence-electron chi connectivity index (χ0n) is 14.7. The Hall–Kier alpha value is -1.07. The lowest BCUT2D eigenvalue weighted by atomic mass is 9.50. The number of thioether (sulfide) groups is 1. The van der Waals surface area contributed by atoms with Gasteiger partial charge in [0.05, 0.1) is 0 Å². The predicted molar refractivity (Wildman–Crippen MR) is 106 cm³/mol. The van der Waals surface area contributed by atoms with E-state index in [0.717, 1.165) is 32.9 Å². The Morgan fingerprint density at radius 1 is 1.12 bits per heavy atom. The SMILES string of the molecule is Cc1cccc(Nc2nnc(SCC34CC5CC(CC(C5)C3)C4)s2)c1. The zero-order chi connectivity index (χ0) is 16.9. The first-order valence-corrected chi connectivity index (χ1v) is 11.3. The highest BCUT2D eigenvalue weighted by Crippen LogP contribution is 2.61. The van der Waals surface area contributed by atoms with Gasteiger partial charge in [-0.25, -0.2) is 0 Å². The van der Waals surface area contributed by atoms with Crippen LogP contribution in [-0.2, 0) is 0 Å². The Morgan fingerprint density at radius 2 is 1.84 bits per heavy atom. The molecular weight excluding hydrogens is 346 g/mol. The molecule has 25 heavy (non-hydrogen) atoms. The quantitative estimate of drug-likeness (QED) is 0.664. The number of aromatic nitrogens is 2. The molecule has 5 heteroatoms. The molecule has 132 valence electrons. The standard InChI is InChI=1S/C20H25N3S2/c1-13-3-2-4-17(5-13)21-18-22-23-19(25-18)24-12-20-9-14-6-15(10-20)8-16(7-14)11-20/h2-5,14-16H,6-12H2,1H3,(H,21,22). The van der Waals surface area contributed by atoms with Gasteiger partial charge in [-0.05, 0) is 86.3 Å². The molecule has 0 spiro atoms. The molecule has 1 aromatic heterocycles. The van der Waals surface area contributed by atoms with Crippen molar-refractivity contribution in [2.45, 2.75) is 49.8 Å². The van der Waals surface area contributed by atoms with Crippen molar-refractivity contribution >= 4 is 33.9 Å². The van der Waals surface area contributed by atoms with Crippen molar-refractivity contribution in [3.05, 3.63) is 29.8 Å². The van der Waals surface area contributed by atoms with Gasteiger partial charge in [-0.3, -0.25) is 0 Å². The van der Waals surface area contributed by atoms with Gasteiger partial charge in [-0.1, -0.05) is 35.2 Å². The van der Waals surface area contributed by atoms with E-state index in [1.807, 2.05) is 11.8 Å². The van der Waals surface area contributed by atoms with Crippen LogP contribution in [-0.4, -0.2) is 16.0 Å². The molecule has 6 rings (SSSR count). The molecule has 0 radical (unpaired) electrons. The van der Waals surface area contributed by atoms with Gasteiger partial charge < -0.3 is 5.32 Å². The largest absolute Gasteiger partial charge is 0.330 e. The molecule has 0 aliphatic heterocycles. The molecule has 4 fully saturated rings. The van der Waals surface area contributed by atoms with E-state index in [-0.39, 0.29) is 0 Å². The summed E-state index contributed by atoms with van der Waals surface area (Å²) < 4.78 is 1.12. The molecule has 0 saturated heterocycles. The van der Waals surface area contributed by atoms with E-state index in [9.17, 15) is 0 Å². The zero-order valence-corrected chi connectivity index (χ0v) is 16.3. The van der Waals surface area contributed by atoms with Crippen LogP contribution >= 0.6 is 23.1 Å². The average molecular weight is 372 g/mol. The third-order valence-electron chi connectivity index (χ3n) is 6.34. The molecule has 1 heterocycles. The normalized spacial score (nSPS) is 32.9. The first-order valence-electron chi connectivity index (χ1n) is 9.46.